The van der Waals surface area contributed by atoms with E-state index in [1.807, 2.05) is 11.8 Å². The third kappa shape index (κ3) is 4.30. The number of nitrogens with zero attached hydrogens (tertiary/aromatic N) is 1. The van der Waals surface area contributed by atoms with Gasteiger partial charge < -0.3 is 14.2 Å². The summed E-state index contributed by atoms with van der Waals surface area (Å²) in [4.78, 5) is 5.11. The Morgan fingerprint density at radius 2 is 1.53 bits per heavy atom. The fourth-order valence-electron chi connectivity index (χ4n) is 3.94. The summed E-state index contributed by atoms with van der Waals surface area (Å²) in [5, 5.41) is 0. The molecule has 0 bridgehead atoms. The van der Waals surface area contributed by atoms with Gasteiger partial charge in [0.1, 0.15) is 0 Å². The Morgan fingerprint density at radius 1 is 0.900 bits per heavy atom. The molecule has 0 amide bonds. The van der Waals surface area contributed by atoms with Gasteiger partial charge in [0.2, 0.25) is 0 Å². The average Bonchev–Trinajstić information content (AvgIpc) is 2.91. The van der Waals surface area contributed by atoms with Crippen molar-refractivity contribution in [1.29, 1.82) is 0 Å². The molecule has 6 heteroatoms. The monoisotopic (exact) mass is 535 g/mol. The number of hydrogen-bond donors (Lipinski definition) is 0. The fourth-order valence-corrected chi connectivity index (χ4v) is 5.83. The molecule has 2 heterocycles. The van der Waals surface area contributed by atoms with Crippen LogP contribution in [0.15, 0.2) is 46.2 Å². The number of anilines is 2. The molecule has 30 heavy (non-hydrogen) atoms. The Balaban J connectivity index is 1.65. The fraction of sp³-hybridized carbons (Fsp3) is 0.500. The molecule has 0 radical (unpaired) electrons. The minimum Gasteiger partial charge on any atom is -0.399 e. The molecule has 0 unspecified atom stereocenters. The summed E-state index contributed by atoms with van der Waals surface area (Å²) in [7, 11) is -0.323. The third-order valence-corrected chi connectivity index (χ3v) is 8.23. The number of benzene rings is 2. The molecular weight excluding hydrogens is 504 g/mol. The van der Waals surface area contributed by atoms with Crippen LogP contribution in [-0.4, -0.2) is 24.9 Å². The first-order valence-electron chi connectivity index (χ1n) is 11.0. The molecule has 2 aliphatic rings. The lowest BCUT2D eigenvalue weighted by Crippen LogP contribution is -2.41. The van der Waals surface area contributed by atoms with Gasteiger partial charge in [-0.1, -0.05) is 44.0 Å². The van der Waals surface area contributed by atoms with Gasteiger partial charge >= 0.3 is 7.12 Å². The highest BCUT2D eigenvalue weighted by Crippen LogP contribution is 2.48. The van der Waals surface area contributed by atoms with Crippen molar-refractivity contribution in [3.05, 3.63) is 40.0 Å². The van der Waals surface area contributed by atoms with Crippen molar-refractivity contribution in [3.63, 3.8) is 0 Å². The van der Waals surface area contributed by atoms with Crippen LogP contribution < -0.4 is 10.4 Å². The van der Waals surface area contributed by atoms with E-state index in [2.05, 4.69) is 98.5 Å². The van der Waals surface area contributed by atoms with Crippen LogP contribution in [0.1, 0.15) is 60.3 Å². The van der Waals surface area contributed by atoms with Crippen molar-refractivity contribution in [1.82, 2.24) is 0 Å². The van der Waals surface area contributed by atoms with Gasteiger partial charge in [0, 0.05) is 19.9 Å². The van der Waals surface area contributed by atoms with Crippen LogP contribution in [0.2, 0.25) is 0 Å². The van der Waals surface area contributed by atoms with Crippen LogP contribution in [-0.2, 0) is 9.31 Å². The van der Waals surface area contributed by atoms with Crippen LogP contribution in [0.5, 0.6) is 0 Å². The number of rotatable bonds is 6. The second-order valence-corrected chi connectivity index (χ2v) is 11.6. The predicted molar refractivity (Wildman–Crippen MR) is 137 cm³/mol. The first kappa shape index (κ1) is 22.5. The SMILES string of the molecule is CCCCCCN1c2ccc(I)cc2Sc2cc(B3OC(C)(C)C(C)(C)O3)ccc21. The second-order valence-electron chi connectivity index (χ2n) is 9.24. The molecule has 2 aliphatic heterocycles. The van der Waals surface area contributed by atoms with E-state index in [1.165, 1.54) is 50.4 Å². The van der Waals surface area contributed by atoms with E-state index in [0.29, 0.717) is 0 Å². The van der Waals surface area contributed by atoms with Gasteiger partial charge in [-0.05, 0) is 92.5 Å². The molecule has 160 valence electrons. The second kappa shape index (κ2) is 8.68. The molecule has 0 spiro atoms. The highest BCUT2D eigenvalue weighted by molar-refractivity contribution is 14.1. The van der Waals surface area contributed by atoms with E-state index in [-0.39, 0.29) is 18.3 Å². The minimum atomic E-state index is -0.325. The van der Waals surface area contributed by atoms with Crippen molar-refractivity contribution in [2.45, 2.75) is 81.3 Å². The van der Waals surface area contributed by atoms with Gasteiger partial charge in [-0.25, -0.2) is 0 Å². The molecule has 0 N–H and O–H groups in total. The maximum atomic E-state index is 6.30. The van der Waals surface area contributed by atoms with Crippen molar-refractivity contribution in [2.75, 3.05) is 11.4 Å². The number of halogens is 1. The van der Waals surface area contributed by atoms with Gasteiger partial charge in [-0.15, -0.1) is 0 Å². The quantitative estimate of drug-likeness (QED) is 0.231. The molecular formula is C24H31BINO2S. The number of hydrogen-bond acceptors (Lipinski definition) is 4. The Kier molecular flexibility index (Phi) is 6.51. The zero-order valence-corrected chi connectivity index (χ0v) is 21.6. The number of unbranched alkanes of at least 4 members (excludes halogenated alkanes) is 3. The van der Waals surface area contributed by atoms with E-state index in [0.717, 1.165) is 12.0 Å². The molecule has 2 aromatic rings. The largest absolute Gasteiger partial charge is 0.494 e. The summed E-state index contributed by atoms with van der Waals surface area (Å²) in [5.41, 5.74) is 3.07. The lowest BCUT2D eigenvalue weighted by Gasteiger charge is -2.33. The molecule has 1 saturated heterocycles. The van der Waals surface area contributed by atoms with Crippen molar-refractivity contribution in [3.8, 4) is 0 Å². The average molecular weight is 535 g/mol. The summed E-state index contributed by atoms with van der Waals surface area (Å²) in [6, 6.07) is 13.5. The molecule has 4 rings (SSSR count). The summed E-state index contributed by atoms with van der Waals surface area (Å²) in [6.45, 7) is 11.7. The Labute approximate surface area is 199 Å². The molecule has 1 fully saturated rings. The summed E-state index contributed by atoms with van der Waals surface area (Å²) in [6.07, 6.45) is 5.05. The van der Waals surface area contributed by atoms with Crippen LogP contribution >= 0.6 is 34.4 Å². The summed E-state index contributed by atoms with van der Waals surface area (Å²) in [5.74, 6) is 0. The lowest BCUT2D eigenvalue weighted by atomic mass is 9.79. The standard InChI is InChI=1S/C24H31BINO2S/c1-6-7-8-9-14-27-19-12-10-17(25-28-23(2,3)24(4,5)29-25)15-21(19)30-22-16-18(26)11-13-20(22)27/h10-13,15-16H,6-9,14H2,1-5H3. The first-order chi connectivity index (χ1) is 14.2. The van der Waals surface area contributed by atoms with E-state index >= 15 is 0 Å². The van der Waals surface area contributed by atoms with Gasteiger partial charge in [-0.3, -0.25) is 0 Å². The lowest BCUT2D eigenvalue weighted by molar-refractivity contribution is 0.00578. The molecule has 3 nitrogen and oxygen atoms in total. The van der Waals surface area contributed by atoms with Crippen LogP contribution in [0.4, 0.5) is 11.4 Å². The van der Waals surface area contributed by atoms with Crippen molar-refractivity contribution < 1.29 is 9.31 Å². The predicted octanol–water partition coefficient (Wildman–Crippen LogP) is 6.77. The van der Waals surface area contributed by atoms with Crippen molar-refractivity contribution in [2.24, 2.45) is 0 Å². The maximum absolute atomic E-state index is 6.30. The van der Waals surface area contributed by atoms with Crippen molar-refractivity contribution >= 4 is 58.3 Å². The Morgan fingerprint density at radius 3 is 2.20 bits per heavy atom. The molecule has 2 aromatic carbocycles. The van der Waals surface area contributed by atoms with Gasteiger partial charge in [-0.2, -0.15) is 0 Å². The third-order valence-electron chi connectivity index (χ3n) is 6.47. The Hall–Kier alpha value is -0.695. The number of fused-ring (bicyclic) bond motifs is 2. The van der Waals surface area contributed by atoms with Gasteiger partial charge in [0.05, 0.1) is 22.6 Å². The van der Waals surface area contributed by atoms with Gasteiger partial charge in [0.15, 0.2) is 0 Å². The van der Waals surface area contributed by atoms with Crippen LogP contribution in [0, 0.1) is 3.57 Å². The highest BCUT2D eigenvalue weighted by atomic mass is 127. The summed E-state index contributed by atoms with van der Waals surface area (Å²) >= 11 is 4.26. The van der Waals surface area contributed by atoms with E-state index in [9.17, 15) is 0 Å². The molecule has 0 saturated carbocycles. The minimum absolute atomic E-state index is 0.323. The van der Waals surface area contributed by atoms with Gasteiger partial charge in [0.25, 0.3) is 0 Å². The molecule has 0 aliphatic carbocycles. The Bertz CT molecular complexity index is 917. The van der Waals surface area contributed by atoms with Crippen LogP contribution in [0.25, 0.3) is 0 Å². The maximum Gasteiger partial charge on any atom is 0.494 e. The van der Waals surface area contributed by atoms with E-state index in [1.54, 1.807) is 0 Å². The van der Waals surface area contributed by atoms with E-state index in [4.69, 9.17) is 9.31 Å². The van der Waals surface area contributed by atoms with E-state index < -0.39 is 0 Å². The summed E-state index contributed by atoms with van der Waals surface area (Å²) < 4.78 is 13.9. The molecule has 0 atom stereocenters. The molecule has 0 aromatic heterocycles. The normalized spacial score (nSPS) is 19.0. The smallest absolute Gasteiger partial charge is 0.399 e. The zero-order chi connectivity index (χ0) is 21.5. The topological polar surface area (TPSA) is 21.7 Å². The highest BCUT2D eigenvalue weighted by Gasteiger charge is 2.51. The van der Waals surface area contributed by atoms with Crippen LogP contribution in [0.3, 0.4) is 0 Å². The first-order valence-corrected chi connectivity index (χ1v) is 12.9. The zero-order valence-electron chi connectivity index (χ0n) is 18.6.